The molecule has 0 aliphatic carbocycles. The van der Waals surface area contributed by atoms with Gasteiger partial charge in [-0.2, -0.15) is 13.2 Å². The predicted octanol–water partition coefficient (Wildman–Crippen LogP) is 1.07. The summed E-state index contributed by atoms with van der Waals surface area (Å²) in [5.74, 6) is -1.29. The van der Waals surface area contributed by atoms with Gasteiger partial charge in [0, 0.05) is 11.7 Å². The Hall–Kier alpha value is -1.35. The molecule has 9 heteroatoms. The molecule has 0 bridgehead atoms. The van der Waals surface area contributed by atoms with E-state index in [0.29, 0.717) is 0 Å². The van der Waals surface area contributed by atoms with Crippen molar-refractivity contribution in [2.45, 2.75) is 32.2 Å². The average Bonchev–Trinajstić information content (AvgIpc) is 2.64. The van der Waals surface area contributed by atoms with Gasteiger partial charge in [0.2, 0.25) is 0 Å². The van der Waals surface area contributed by atoms with Gasteiger partial charge in [-0.05, 0) is 19.9 Å². The fourth-order valence-corrected chi connectivity index (χ4v) is 1.85. The summed E-state index contributed by atoms with van der Waals surface area (Å²) in [6, 6.07) is 1.06. The Morgan fingerprint density at radius 2 is 2.10 bits per heavy atom. The SMILES string of the molecule is CC1(C)COB(c2ccn(CC(F)(F)F)c(=O)c2F)O1. The Bertz CT molecular complexity index is 570. The quantitative estimate of drug-likeness (QED) is 0.605. The smallest absolute Gasteiger partial charge is 0.404 e. The number of hydrogen-bond donors (Lipinski definition) is 0. The fourth-order valence-electron chi connectivity index (χ4n) is 1.85. The van der Waals surface area contributed by atoms with Crippen molar-refractivity contribution in [3.05, 3.63) is 28.4 Å². The van der Waals surface area contributed by atoms with E-state index < -0.39 is 36.8 Å². The van der Waals surface area contributed by atoms with Gasteiger partial charge in [-0.15, -0.1) is 0 Å². The molecule has 20 heavy (non-hydrogen) atoms. The fraction of sp³-hybridized carbons (Fsp3) is 0.545. The summed E-state index contributed by atoms with van der Waals surface area (Å²) in [6.07, 6.45) is -3.72. The lowest BCUT2D eigenvalue weighted by molar-refractivity contribution is -0.141. The molecule has 1 aliphatic rings. The maximum absolute atomic E-state index is 13.9. The predicted molar refractivity (Wildman–Crippen MR) is 63.2 cm³/mol. The van der Waals surface area contributed by atoms with Crippen LogP contribution in [0.25, 0.3) is 0 Å². The van der Waals surface area contributed by atoms with Crippen molar-refractivity contribution < 1.29 is 26.9 Å². The van der Waals surface area contributed by atoms with Crippen LogP contribution in [0.4, 0.5) is 17.6 Å². The monoisotopic (exact) mass is 293 g/mol. The van der Waals surface area contributed by atoms with E-state index in [4.69, 9.17) is 9.31 Å². The van der Waals surface area contributed by atoms with Gasteiger partial charge in [-0.3, -0.25) is 4.79 Å². The lowest BCUT2D eigenvalue weighted by atomic mass is 9.79. The van der Waals surface area contributed by atoms with E-state index in [-0.39, 0.29) is 16.6 Å². The van der Waals surface area contributed by atoms with Gasteiger partial charge in [0.05, 0.1) is 12.2 Å². The first kappa shape index (κ1) is 15.1. The molecule has 0 aromatic carbocycles. The minimum Gasteiger partial charge on any atom is -0.404 e. The lowest BCUT2D eigenvalue weighted by Gasteiger charge is -2.16. The largest absolute Gasteiger partial charge is 0.497 e. The van der Waals surface area contributed by atoms with Crippen LogP contribution >= 0.6 is 0 Å². The van der Waals surface area contributed by atoms with Gasteiger partial charge in [0.15, 0.2) is 5.82 Å². The van der Waals surface area contributed by atoms with Gasteiger partial charge in [-0.1, -0.05) is 0 Å². The number of halogens is 4. The van der Waals surface area contributed by atoms with Gasteiger partial charge in [0.25, 0.3) is 5.56 Å². The summed E-state index contributed by atoms with van der Waals surface area (Å²) >= 11 is 0. The Balaban J connectivity index is 2.30. The molecule has 110 valence electrons. The summed E-state index contributed by atoms with van der Waals surface area (Å²) in [6.45, 7) is 2.09. The molecule has 1 fully saturated rings. The third-order valence-corrected chi connectivity index (χ3v) is 2.75. The third kappa shape index (κ3) is 3.21. The molecule has 0 radical (unpaired) electrons. The normalized spacial score (nSPS) is 18.6. The highest BCUT2D eigenvalue weighted by molar-refractivity contribution is 6.61. The highest BCUT2D eigenvalue weighted by atomic mass is 19.4. The number of rotatable bonds is 2. The first-order chi connectivity index (χ1) is 9.09. The van der Waals surface area contributed by atoms with Gasteiger partial charge in [0.1, 0.15) is 6.54 Å². The first-order valence-electron chi connectivity index (χ1n) is 5.84. The topological polar surface area (TPSA) is 40.5 Å². The van der Waals surface area contributed by atoms with Crippen LogP contribution in [-0.2, 0) is 15.9 Å². The van der Waals surface area contributed by atoms with Crippen molar-refractivity contribution >= 4 is 12.6 Å². The molecule has 4 nitrogen and oxygen atoms in total. The molecule has 0 N–H and O–H groups in total. The van der Waals surface area contributed by atoms with Crippen molar-refractivity contribution in [2.24, 2.45) is 0 Å². The summed E-state index contributed by atoms with van der Waals surface area (Å²) < 4.78 is 61.4. The summed E-state index contributed by atoms with van der Waals surface area (Å²) in [4.78, 5) is 11.6. The van der Waals surface area contributed by atoms with Crippen molar-refractivity contribution in [1.82, 2.24) is 4.57 Å². The summed E-state index contributed by atoms with van der Waals surface area (Å²) in [5, 5.41) is 0. The van der Waals surface area contributed by atoms with Crippen molar-refractivity contribution in [3.63, 3.8) is 0 Å². The van der Waals surface area contributed by atoms with Crippen LogP contribution in [0, 0.1) is 5.82 Å². The lowest BCUT2D eigenvalue weighted by Crippen LogP contribution is -2.42. The first-order valence-corrected chi connectivity index (χ1v) is 5.84. The highest BCUT2D eigenvalue weighted by Gasteiger charge is 2.40. The zero-order valence-electron chi connectivity index (χ0n) is 10.8. The molecule has 0 unspecified atom stereocenters. The number of hydrogen-bond acceptors (Lipinski definition) is 3. The highest BCUT2D eigenvalue weighted by Crippen LogP contribution is 2.20. The van der Waals surface area contributed by atoms with Gasteiger partial charge < -0.3 is 13.9 Å². The molecule has 0 atom stereocenters. The van der Waals surface area contributed by atoms with Gasteiger partial charge in [-0.25, -0.2) is 4.39 Å². The van der Waals surface area contributed by atoms with E-state index in [0.717, 1.165) is 12.3 Å². The second-order valence-electron chi connectivity index (χ2n) is 5.15. The molecule has 1 aliphatic heterocycles. The van der Waals surface area contributed by atoms with Crippen LogP contribution < -0.4 is 11.0 Å². The Morgan fingerprint density at radius 1 is 1.45 bits per heavy atom. The average molecular weight is 293 g/mol. The maximum Gasteiger partial charge on any atom is 0.497 e. The van der Waals surface area contributed by atoms with E-state index in [2.05, 4.69) is 0 Å². The standard InChI is InChI=1S/C11H12BF4NO3/c1-10(2)6-19-12(20-10)7-3-4-17(5-11(14,15)16)9(18)8(7)13/h3-4H,5-6H2,1-2H3. The van der Waals surface area contributed by atoms with E-state index in [9.17, 15) is 22.4 Å². The van der Waals surface area contributed by atoms with E-state index in [1.807, 2.05) is 0 Å². The van der Waals surface area contributed by atoms with Crippen LogP contribution in [0.3, 0.4) is 0 Å². The molecule has 1 aromatic rings. The Labute approximate surface area is 112 Å². The molecule has 0 spiro atoms. The molecular formula is C11H12BF4NO3. The number of pyridine rings is 1. The van der Waals surface area contributed by atoms with Crippen LogP contribution in [0.2, 0.25) is 0 Å². The number of alkyl halides is 3. The zero-order chi connectivity index (χ0) is 15.1. The minimum atomic E-state index is -4.60. The Morgan fingerprint density at radius 3 is 2.60 bits per heavy atom. The molecule has 0 amide bonds. The van der Waals surface area contributed by atoms with Crippen molar-refractivity contribution in [1.29, 1.82) is 0 Å². The second kappa shape index (κ2) is 4.89. The molecule has 2 heterocycles. The van der Waals surface area contributed by atoms with Crippen molar-refractivity contribution in [3.8, 4) is 0 Å². The molecular weight excluding hydrogens is 281 g/mol. The maximum atomic E-state index is 13.9. The number of aromatic nitrogens is 1. The molecule has 1 saturated heterocycles. The number of nitrogens with zero attached hydrogens (tertiary/aromatic N) is 1. The van der Waals surface area contributed by atoms with Crippen molar-refractivity contribution in [2.75, 3.05) is 6.61 Å². The van der Waals surface area contributed by atoms with Crippen LogP contribution in [-0.4, -0.2) is 30.1 Å². The van der Waals surface area contributed by atoms with Crippen LogP contribution in [0.1, 0.15) is 13.8 Å². The third-order valence-electron chi connectivity index (χ3n) is 2.75. The van der Waals surface area contributed by atoms with E-state index in [1.165, 1.54) is 0 Å². The van der Waals surface area contributed by atoms with Crippen LogP contribution in [0.15, 0.2) is 17.1 Å². The second-order valence-corrected chi connectivity index (χ2v) is 5.15. The van der Waals surface area contributed by atoms with Gasteiger partial charge >= 0.3 is 13.3 Å². The Kier molecular flexibility index (Phi) is 3.68. The minimum absolute atomic E-state index is 0.195. The summed E-state index contributed by atoms with van der Waals surface area (Å²) in [7, 11) is -1.08. The van der Waals surface area contributed by atoms with Crippen LogP contribution in [0.5, 0.6) is 0 Å². The molecule has 0 saturated carbocycles. The van der Waals surface area contributed by atoms with E-state index in [1.54, 1.807) is 13.8 Å². The van der Waals surface area contributed by atoms with E-state index >= 15 is 0 Å². The summed E-state index contributed by atoms with van der Waals surface area (Å²) in [5.41, 5.74) is -2.19. The molecule has 1 aromatic heterocycles. The zero-order valence-corrected chi connectivity index (χ0v) is 10.8. The molecule has 2 rings (SSSR count).